The number of hydrogen-bond acceptors (Lipinski definition) is 4. The Labute approximate surface area is 206 Å². The van der Waals surface area contributed by atoms with Crippen molar-refractivity contribution >= 4 is 5.97 Å². The van der Waals surface area contributed by atoms with Crippen LogP contribution < -0.4 is 0 Å². The quantitative estimate of drug-likeness (QED) is 0.217. The van der Waals surface area contributed by atoms with Crippen LogP contribution in [-0.4, -0.2) is 17.0 Å². The molecule has 0 unspecified atom stereocenters. The van der Waals surface area contributed by atoms with E-state index in [0.717, 1.165) is 36.2 Å². The largest absolute Gasteiger partial charge is 0.462 e. The molecule has 0 amide bonds. The van der Waals surface area contributed by atoms with Crippen molar-refractivity contribution in [2.75, 3.05) is 0 Å². The van der Waals surface area contributed by atoms with E-state index >= 15 is 0 Å². The lowest BCUT2D eigenvalue weighted by Gasteiger charge is -2.58. The maximum Gasteiger partial charge on any atom is 0.302 e. The first kappa shape index (κ1) is 25.7. The van der Waals surface area contributed by atoms with Crippen LogP contribution in [0.3, 0.4) is 0 Å². The first-order valence-electron chi connectivity index (χ1n) is 14.0. The van der Waals surface area contributed by atoms with E-state index in [-0.39, 0.29) is 22.4 Å². The summed E-state index contributed by atoms with van der Waals surface area (Å²) in [6.07, 6.45) is 11.6. The van der Waals surface area contributed by atoms with E-state index in [4.69, 9.17) is 4.74 Å². The van der Waals surface area contributed by atoms with Crippen LogP contribution in [0.1, 0.15) is 112 Å². The Kier molecular flexibility index (Phi) is 7.24. The molecule has 4 rings (SSSR count). The number of rotatable bonds is 7. The molecule has 4 aliphatic rings. The number of ether oxygens (including phenoxy) is 1. The molecular formula is C29H47NO4. The molecule has 0 saturated heterocycles. The summed E-state index contributed by atoms with van der Waals surface area (Å²) >= 11 is 0. The maximum atomic E-state index is 12.3. The lowest BCUT2D eigenvalue weighted by molar-refractivity contribution is -0.434. The summed E-state index contributed by atoms with van der Waals surface area (Å²) in [6, 6.07) is 0. The van der Waals surface area contributed by atoms with Crippen LogP contribution in [0, 0.1) is 56.5 Å². The van der Waals surface area contributed by atoms with Crippen molar-refractivity contribution in [3.8, 4) is 0 Å². The lowest BCUT2D eigenvalue weighted by atomic mass is 9.46. The zero-order valence-corrected chi connectivity index (χ0v) is 22.4. The minimum absolute atomic E-state index is 0.0904. The topological polar surface area (TPSA) is 69.4 Å². The van der Waals surface area contributed by atoms with Crippen LogP contribution in [0.25, 0.3) is 0 Å². The molecule has 0 aromatic heterocycles. The Morgan fingerprint density at radius 3 is 2.44 bits per heavy atom. The van der Waals surface area contributed by atoms with Gasteiger partial charge in [0.1, 0.15) is 6.10 Å². The van der Waals surface area contributed by atoms with Gasteiger partial charge in [-0.2, -0.15) is 0 Å². The van der Waals surface area contributed by atoms with E-state index in [0.29, 0.717) is 41.7 Å². The van der Waals surface area contributed by atoms with Crippen molar-refractivity contribution in [2.45, 2.75) is 118 Å². The highest BCUT2D eigenvalue weighted by atomic mass is 16.6. The van der Waals surface area contributed by atoms with Gasteiger partial charge >= 0.3 is 5.97 Å². The number of fused-ring (bicyclic) bond motifs is 5. The molecule has 0 heterocycles. The minimum atomic E-state index is -0.279. The summed E-state index contributed by atoms with van der Waals surface area (Å²) in [7, 11) is 0. The van der Waals surface area contributed by atoms with Gasteiger partial charge in [-0.25, -0.2) is 0 Å². The van der Waals surface area contributed by atoms with Gasteiger partial charge in [0.15, 0.2) is 0 Å². The molecule has 0 aromatic rings. The highest BCUT2D eigenvalue weighted by Crippen LogP contribution is 2.68. The molecule has 0 aliphatic heterocycles. The first-order valence-corrected chi connectivity index (χ1v) is 14.0. The third kappa shape index (κ3) is 4.46. The van der Waals surface area contributed by atoms with Gasteiger partial charge in [-0.15, -0.1) is 0 Å². The molecule has 4 aliphatic carbocycles. The van der Waals surface area contributed by atoms with E-state index in [1.165, 1.54) is 51.9 Å². The summed E-state index contributed by atoms with van der Waals surface area (Å²) in [4.78, 5) is 23.8. The molecule has 192 valence electrons. The monoisotopic (exact) mass is 473 g/mol. The highest BCUT2D eigenvalue weighted by Gasteiger charge is 2.61. The Morgan fingerprint density at radius 1 is 1.06 bits per heavy atom. The third-order valence-electron chi connectivity index (χ3n) is 10.9. The van der Waals surface area contributed by atoms with Gasteiger partial charge in [-0.3, -0.25) is 14.9 Å². The predicted octanol–water partition coefficient (Wildman–Crippen LogP) is 7.56. The third-order valence-corrected chi connectivity index (χ3v) is 10.9. The maximum absolute atomic E-state index is 12.3. The first-order chi connectivity index (χ1) is 16.0. The van der Waals surface area contributed by atoms with Crippen molar-refractivity contribution in [1.82, 2.24) is 0 Å². The summed E-state index contributed by atoms with van der Waals surface area (Å²) in [5.41, 5.74) is 1.66. The molecule has 0 N–H and O–H groups in total. The van der Waals surface area contributed by atoms with Crippen LogP contribution in [0.15, 0.2) is 11.3 Å². The molecule has 0 aromatic carbocycles. The fourth-order valence-corrected chi connectivity index (χ4v) is 9.29. The molecule has 34 heavy (non-hydrogen) atoms. The Hall–Kier alpha value is -1.39. The fourth-order valence-electron chi connectivity index (χ4n) is 9.29. The zero-order valence-electron chi connectivity index (χ0n) is 22.4. The van der Waals surface area contributed by atoms with Gasteiger partial charge in [-0.05, 0) is 84.9 Å². The standard InChI is InChI=1S/C29H47NO4/c1-18(2)8-7-9-19(3)23-10-11-24-22-17-27(30(32)33)26-16-21(34-20(4)31)12-14-29(26,6)25(22)13-15-28(23,24)5/h18-19,21-25H,7-17H2,1-6H3/t19-,21+,22-,23+,24-,25-,28-,29-/m1/s1. The van der Waals surface area contributed by atoms with Crippen LogP contribution in [-0.2, 0) is 9.53 Å². The second kappa shape index (κ2) is 9.58. The van der Waals surface area contributed by atoms with Crippen molar-refractivity contribution < 1.29 is 14.5 Å². The molecule has 8 atom stereocenters. The SMILES string of the molecule is CC(=O)O[C@H]1CC[C@@]2(C)C(=C([N+](=O)[O-])C[C@@H]3[C@H]4CC[C@@H]([C@H](C)CCCC(C)C)[C@@]4(C)CC[C@H]32)C1. The van der Waals surface area contributed by atoms with Crippen LogP contribution in [0.4, 0.5) is 0 Å². The summed E-state index contributed by atoms with van der Waals surface area (Å²) in [5.74, 6) is 3.53. The van der Waals surface area contributed by atoms with Crippen molar-refractivity contribution in [2.24, 2.45) is 46.3 Å². The number of esters is 1. The smallest absolute Gasteiger partial charge is 0.302 e. The lowest BCUT2D eigenvalue weighted by Crippen LogP contribution is -2.52. The second-order valence-corrected chi connectivity index (χ2v) is 13.2. The van der Waals surface area contributed by atoms with Crippen LogP contribution >= 0.6 is 0 Å². The minimum Gasteiger partial charge on any atom is -0.462 e. The average Bonchev–Trinajstić information content (AvgIpc) is 3.10. The molecule has 3 fully saturated rings. The van der Waals surface area contributed by atoms with Crippen molar-refractivity contribution in [3.63, 3.8) is 0 Å². The normalized spacial score (nSPS) is 40.4. The molecular weight excluding hydrogens is 426 g/mol. The van der Waals surface area contributed by atoms with E-state index in [1.807, 2.05) is 0 Å². The Balaban J connectivity index is 1.58. The molecule has 5 nitrogen and oxygen atoms in total. The van der Waals surface area contributed by atoms with Crippen LogP contribution in [0.5, 0.6) is 0 Å². The molecule has 0 spiro atoms. The number of carbonyl (C=O) groups excluding carboxylic acids is 1. The van der Waals surface area contributed by atoms with Gasteiger partial charge in [0.2, 0.25) is 5.70 Å². The number of hydrogen-bond donors (Lipinski definition) is 0. The highest BCUT2D eigenvalue weighted by molar-refractivity contribution is 5.66. The molecule has 3 saturated carbocycles. The average molecular weight is 474 g/mol. The Bertz CT molecular complexity index is 834. The molecule has 0 radical (unpaired) electrons. The number of carbonyl (C=O) groups is 1. The van der Waals surface area contributed by atoms with E-state index in [2.05, 4.69) is 34.6 Å². The Morgan fingerprint density at radius 2 is 1.79 bits per heavy atom. The summed E-state index contributed by atoms with van der Waals surface area (Å²) in [5, 5.41) is 12.3. The van der Waals surface area contributed by atoms with E-state index in [1.54, 1.807) is 0 Å². The molecule has 0 bridgehead atoms. The van der Waals surface area contributed by atoms with E-state index < -0.39 is 0 Å². The van der Waals surface area contributed by atoms with E-state index in [9.17, 15) is 14.9 Å². The summed E-state index contributed by atoms with van der Waals surface area (Å²) in [6.45, 7) is 13.4. The van der Waals surface area contributed by atoms with Gasteiger partial charge in [0.25, 0.3) is 0 Å². The number of nitrogens with zero attached hydrogens (tertiary/aromatic N) is 1. The fraction of sp³-hybridized carbons (Fsp3) is 0.897. The molecule has 5 heteroatoms. The van der Waals surface area contributed by atoms with Gasteiger partial charge < -0.3 is 4.74 Å². The van der Waals surface area contributed by atoms with Gasteiger partial charge in [0.05, 0.1) is 4.92 Å². The summed E-state index contributed by atoms with van der Waals surface area (Å²) < 4.78 is 5.53. The second-order valence-electron chi connectivity index (χ2n) is 13.2. The van der Waals surface area contributed by atoms with Gasteiger partial charge in [-0.1, -0.05) is 53.9 Å². The van der Waals surface area contributed by atoms with Gasteiger partial charge in [0, 0.05) is 25.3 Å². The van der Waals surface area contributed by atoms with Crippen molar-refractivity contribution in [1.29, 1.82) is 0 Å². The number of nitro groups is 1. The zero-order chi connectivity index (χ0) is 24.8. The predicted molar refractivity (Wildman–Crippen MR) is 135 cm³/mol. The van der Waals surface area contributed by atoms with Crippen molar-refractivity contribution in [3.05, 3.63) is 21.4 Å². The van der Waals surface area contributed by atoms with Crippen LogP contribution in [0.2, 0.25) is 0 Å². The number of allylic oxidation sites excluding steroid dienone is 1.